The molecule has 0 aliphatic carbocycles. The summed E-state index contributed by atoms with van der Waals surface area (Å²) in [7, 11) is 0. The van der Waals surface area contributed by atoms with Crippen molar-refractivity contribution in [3.8, 4) is 23.0 Å². The van der Waals surface area contributed by atoms with Gasteiger partial charge in [0.25, 0.3) is 0 Å². The van der Waals surface area contributed by atoms with Gasteiger partial charge in [0.2, 0.25) is 0 Å². The van der Waals surface area contributed by atoms with Crippen molar-refractivity contribution >= 4 is 11.9 Å². The van der Waals surface area contributed by atoms with Crippen molar-refractivity contribution in [2.75, 3.05) is 26.4 Å². The molecule has 14 heteroatoms. The molecular weight excluding hydrogens is 626 g/mol. The number of rotatable bonds is 14. The lowest BCUT2D eigenvalue weighted by Gasteiger charge is -2.21. The number of carbonyl (C=O) groups is 2. The summed E-state index contributed by atoms with van der Waals surface area (Å²) >= 11 is 0. The molecule has 0 spiro atoms. The zero-order valence-corrected chi connectivity index (χ0v) is 24.1. The van der Waals surface area contributed by atoms with Crippen LogP contribution in [0.5, 0.6) is 23.0 Å². The minimum Gasteiger partial charge on any atom is -0.491 e. The molecule has 0 bridgehead atoms. The molecule has 46 heavy (non-hydrogen) atoms. The Bertz CT molecular complexity index is 1400. The molecule has 2 aliphatic heterocycles. The van der Waals surface area contributed by atoms with Crippen LogP contribution < -0.4 is 18.9 Å². The van der Waals surface area contributed by atoms with Gasteiger partial charge >= 0.3 is 24.3 Å². The number of carbonyl (C=O) groups excluding carboxylic acids is 2. The fraction of sp³-hybridized carbons (Fsp3) is 0.375. The molecule has 0 aromatic heterocycles. The van der Waals surface area contributed by atoms with Gasteiger partial charge in [0, 0.05) is 12.8 Å². The molecule has 0 N–H and O–H groups in total. The van der Waals surface area contributed by atoms with Crippen molar-refractivity contribution in [2.24, 2.45) is 0 Å². The molecule has 246 valence electrons. The number of aryl methyl sites for hydroxylation is 2. The molecule has 2 fully saturated rings. The predicted octanol–water partition coefficient (Wildman–Crippen LogP) is 6.36. The summed E-state index contributed by atoms with van der Waals surface area (Å²) < 4.78 is 115. The van der Waals surface area contributed by atoms with Gasteiger partial charge in [-0.3, -0.25) is 9.59 Å². The zero-order chi connectivity index (χ0) is 32.9. The van der Waals surface area contributed by atoms with E-state index in [1.807, 2.05) is 0 Å². The van der Waals surface area contributed by atoms with Crippen LogP contribution in [0.4, 0.5) is 26.3 Å². The fourth-order valence-corrected chi connectivity index (χ4v) is 4.35. The van der Waals surface area contributed by atoms with Crippen molar-refractivity contribution in [3.05, 3.63) is 82.9 Å². The number of ether oxygens (including phenoxy) is 6. The minimum atomic E-state index is -5.61. The first-order valence-electron chi connectivity index (χ1n) is 14.2. The van der Waals surface area contributed by atoms with Crippen LogP contribution in [0.1, 0.15) is 35.1 Å². The van der Waals surface area contributed by atoms with Gasteiger partial charge < -0.3 is 28.4 Å². The highest BCUT2D eigenvalue weighted by molar-refractivity contribution is 5.75. The van der Waals surface area contributed by atoms with E-state index in [9.17, 15) is 35.9 Å². The normalized spacial score (nSPS) is 17.3. The van der Waals surface area contributed by atoms with Crippen molar-refractivity contribution in [3.63, 3.8) is 0 Å². The Hall–Kier alpha value is -4.30. The van der Waals surface area contributed by atoms with E-state index in [1.54, 1.807) is 48.5 Å². The molecule has 0 radical (unpaired) electrons. The number of alkyl halides is 6. The summed E-state index contributed by atoms with van der Waals surface area (Å²) in [6.07, 6.45) is -11.9. The molecule has 8 nitrogen and oxygen atoms in total. The average molecular weight is 655 g/mol. The number of hydrogen-bond acceptors (Lipinski definition) is 8. The second-order valence-electron chi connectivity index (χ2n) is 10.6. The summed E-state index contributed by atoms with van der Waals surface area (Å²) in [5.41, 5.74) is -3.30. The Kier molecular flexibility index (Phi) is 10.1. The summed E-state index contributed by atoms with van der Waals surface area (Å²) in [6.45, 7) is 2.01. The van der Waals surface area contributed by atoms with Crippen LogP contribution in [0.15, 0.2) is 60.7 Å². The Labute approximate surface area is 259 Å². The lowest BCUT2D eigenvalue weighted by molar-refractivity contribution is -0.165. The lowest BCUT2D eigenvalue weighted by Crippen LogP contribution is -2.22. The second-order valence-corrected chi connectivity index (χ2v) is 10.6. The van der Waals surface area contributed by atoms with Gasteiger partial charge in [-0.25, -0.2) is 0 Å². The van der Waals surface area contributed by atoms with E-state index in [-0.39, 0.29) is 25.0 Å². The van der Waals surface area contributed by atoms with Crippen LogP contribution in [0.3, 0.4) is 0 Å². The maximum atomic E-state index is 14.0. The smallest absolute Gasteiger partial charge is 0.420 e. The molecule has 3 aromatic rings. The quantitative estimate of drug-likeness (QED) is 0.0859. The monoisotopic (exact) mass is 654 g/mol. The summed E-state index contributed by atoms with van der Waals surface area (Å²) in [6, 6.07) is 14.1. The van der Waals surface area contributed by atoms with Crippen molar-refractivity contribution in [1.82, 2.24) is 0 Å². The van der Waals surface area contributed by atoms with Crippen molar-refractivity contribution in [1.29, 1.82) is 0 Å². The number of benzene rings is 3. The van der Waals surface area contributed by atoms with Crippen LogP contribution in [0.2, 0.25) is 0 Å². The Morgan fingerprint density at radius 2 is 0.957 bits per heavy atom. The highest BCUT2D eigenvalue weighted by atomic mass is 19.4. The van der Waals surface area contributed by atoms with Crippen LogP contribution in [0.25, 0.3) is 0 Å². The Balaban J connectivity index is 1.22. The number of esters is 2. The first-order chi connectivity index (χ1) is 21.8. The summed E-state index contributed by atoms with van der Waals surface area (Å²) in [4.78, 5) is 24.9. The van der Waals surface area contributed by atoms with E-state index in [4.69, 9.17) is 28.4 Å². The van der Waals surface area contributed by atoms with E-state index in [1.165, 1.54) is 0 Å². The van der Waals surface area contributed by atoms with Crippen LogP contribution >= 0.6 is 0 Å². The fourth-order valence-electron chi connectivity index (χ4n) is 4.35. The minimum absolute atomic E-state index is 0.0409. The topological polar surface area (TPSA) is 96.1 Å². The molecule has 3 aromatic carbocycles. The van der Waals surface area contributed by atoms with Gasteiger partial charge in [-0.15, -0.1) is 0 Å². The van der Waals surface area contributed by atoms with Gasteiger partial charge in [0.1, 0.15) is 59.5 Å². The Morgan fingerprint density at radius 3 is 1.26 bits per heavy atom. The van der Waals surface area contributed by atoms with Crippen LogP contribution in [-0.2, 0) is 44.3 Å². The summed E-state index contributed by atoms with van der Waals surface area (Å²) in [5.74, 6) is -3.98. The maximum absolute atomic E-state index is 14.0. The van der Waals surface area contributed by atoms with E-state index in [0.29, 0.717) is 61.2 Å². The predicted molar refractivity (Wildman–Crippen MR) is 148 cm³/mol. The lowest BCUT2D eigenvalue weighted by atomic mass is 10.0. The maximum Gasteiger partial charge on any atom is 0.420 e. The van der Waals surface area contributed by atoms with E-state index in [2.05, 4.69) is 0 Å². The Morgan fingerprint density at radius 1 is 0.609 bits per heavy atom. The van der Waals surface area contributed by atoms with Gasteiger partial charge in [0.15, 0.2) is 0 Å². The second kappa shape index (κ2) is 14.0. The number of halogens is 6. The van der Waals surface area contributed by atoms with Crippen molar-refractivity contribution < 1.29 is 64.4 Å². The SMILES string of the molecule is O=C(CCc1ccc(OCC2CO2)cc1)Oc1ccc(OC(=O)CCc2ccc(OCC3CO3)cc2)c(C(F)(F)F)c1C(F)(F)F. The third-order valence-corrected chi connectivity index (χ3v) is 6.90. The molecule has 2 heterocycles. The molecule has 0 amide bonds. The molecule has 2 saturated heterocycles. The third-order valence-electron chi connectivity index (χ3n) is 6.90. The van der Waals surface area contributed by atoms with Crippen LogP contribution in [0, 0.1) is 0 Å². The van der Waals surface area contributed by atoms with Gasteiger partial charge in [-0.1, -0.05) is 24.3 Å². The largest absolute Gasteiger partial charge is 0.491 e. The third kappa shape index (κ3) is 9.60. The molecule has 5 rings (SSSR count). The molecular formula is C32H28F6O8. The van der Waals surface area contributed by atoms with Gasteiger partial charge in [-0.2, -0.15) is 26.3 Å². The van der Waals surface area contributed by atoms with Crippen molar-refractivity contribution in [2.45, 2.75) is 50.2 Å². The van der Waals surface area contributed by atoms with E-state index >= 15 is 0 Å². The summed E-state index contributed by atoms with van der Waals surface area (Å²) in [5, 5.41) is 0. The molecule has 2 unspecified atom stereocenters. The number of hydrogen-bond donors (Lipinski definition) is 0. The first kappa shape index (κ1) is 33.1. The average Bonchev–Trinajstić information content (AvgIpc) is 3.93. The molecule has 0 saturated carbocycles. The van der Waals surface area contributed by atoms with Gasteiger partial charge in [0.05, 0.1) is 13.2 Å². The van der Waals surface area contributed by atoms with E-state index in [0.717, 1.165) is 0 Å². The zero-order valence-electron chi connectivity index (χ0n) is 24.1. The molecule has 2 atom stereocenters. The number of epoxide rings is 2. The standard InChI is InChI=1S/C32H28F6O8/c33-31(34,35)29-25(45-27(39)13-5-19-1-7-21(8-2-19)41-15-23-17-43-23)11-12-26(30(29)32(36,37)38)46-28(40)14-6-20-3-9-22(10-4-20)42-16-24-18-44-24/h1-4,7-12,23-24H,5-6,13-18H2. The first-order valence-corrected chi connectivity index (χ1v) is 14.2. The van der Waals surface area contributed by atoms with Crippen LogP contribution in [-0.4, -0.2) is 50.6 Å². The highest BCUT2D eigenvalue weighted by Gasteiger charge is 2.49. The van der Waals surface area contributed by atoms with Gasteiger partial charge in [-0.05, 0) is 60.4 Å². The van der Waals surface area contributed by atoms with E-state index < -0.39 is 59.8 Å². The molecule has 2 aliphatic rings. The highest BCUT2D eigenvalue weighted by Crippen LogP contribution is 2.49.